The standard InChI is InChI=1S/C15H23ClN2O/c1-15(2,3)8-12(9-17)14(19)18-10-11-6-4-5-7-13(11)16/h4-7,12H,8-10,17H2,1-3H3,(H,18,19). The number of amides is 1. The van der Waals surface area contributed by atoms with Crippen molar-refractivity contribution in [1.29, 1.82) is 0 Å². The third kappa shape index (κ3) is 5.62. The highest BCUT2D eigenvalue weighted by Crippen LogP contribution is 2.24. The highest BCUT2D eigenvalue weighted by molar-refractivity contribution is 6.31. The molecule has 0 heterocycles. The van der Waals surface area contributed by atoms with Gasteiger partial charge in [0.25, 0.3) is 0 Å². The largest absolute Gasteiger partial charge is 0.352 e. The lowest BCUT2D eigenvalue weighted by Gasteiger charge is -2.24. The van der Waals surface area contributed by atoms with E-state index in [1.54, 1.807) is 0 Å². The Morgan fingerprint density at radius 1 is 1.37 bits per heavy atom. The molecule has 0 radical (unpaired) electrons. The van der Waals surface area contributed by atoms with Gasteiger partial charge in [-0.05, 0) is 23.5 Å². The molecule has 0 bridgehead atoms. The van der Waals surface area contributed by atoms with Gasteiger partial charge in [-0.1, -0.05) is 50.6 Å². The number of hydrogen-bond acceptors (Lipinski definition) is 2. The first-order chi connectivity index (χ1) is 8.83. The van der Waals surface area contributed by atoms with Crippen LogP contribution in [0.5, 0.6) is 0 Å². The van der Waals surface area contributed by atoms with Crippen molar-refractivity contribution in [3.05, 3.63) is 34.9 Å². The zero-order valence-electron chi connectivity index (χ0n) is 11.9. The molecule has 0 saturated heterocycles. The molecule has 0 aromatic heterocycles. The van der Waals surface area contributed by atoms with Crippen LogP contribution >= 0.6 is 11.6 Å². The first kappa shape index (κ1) is 16.0. The SMILES string of the molecule is CC(C)(C)CC(CN)C(=O)NCc1ccccc1Cl. The number of hydrogen-bond donors (Lipinski definition) is 2. The first-order valence-electron chi connectivity index (χ1n) is 6.54. The van der Waals surface area contributed by atoms with Crippen LogP contribution in [0, 0.1) is 11.3 Å². The van der Waals surface area contributed by atoms with Crippen molar-refractivity contribution < 1.29 is 4.79 Å². The molecule has 1 aromatic carbocycles. The fourth-order valence-corrected chi connectivity index (χ4v) is 2.19. The van der Waals surface area contributed by atoms with Gasteiger partial charge in [0.1, 0.15) is 0 Å². The highest BCUT2D eigenvalue weighted by atomic mass is 35.5. The van der Waals surface area contributed by atoms with Crippen molar-refractivity contribution in [3.8, 4) is 0 Å². The summed E-state index contributed by atoms with van der Waals surface area (Å²) in [5, 5.41) is 3.58. The summed E-state index contributed by atoms with van der Waals surface area (Å²) >= 11 is 6.05. The Labute approximate surface area is 120 Å². The summed E-state index contributed by atoms with van der Waals surface area (Å²) in [6, 6.07) is 7.50. The van der Waals surface area contributed by atoms with E-state index in [2.05, 4.69) is 26.1 Å². The van der Waals surface area contributed by atoms with Gasteiger partial charge >= 0.3 is 0 Å². The molecule has 0 aliphatic rings. The van der Waals surface area contributed by atoms with Gasteiger partial charge in [-0.25, -0.2) is 0 Å². The lowest BCUT2D eigenvalue weighted by molar-refractivity contribution is -0.125. The Kier molecular flexibility index (Phi) is 5.83. The predicted molar refractivity (Wildman–Crippen MR) is 79.9 cm³/mol. The number of rotatable bonds is 5. The zero-order chi connectivity index (χ0) is 14.5. The van der Waals surface area contributed by atoms with Crippen LogP contribution in [0.3, 0.4) is 0 Å². The molecule has 0 saturated carbocycles. The Morgan fingerprint density at radius 3 is 2.53 bits per heavy atom. The average molecular weight is 283 g/mol. The molecule has 1 rings (SSSR count). The van der Waals surface area contributed by atoms with Gasteiger partial charge in [-0.15, -0.1) is 0 Å². The number of carbonyl (C=O) groups is 1. The van der Waals surface area contributed by atoms with E-state index in [0.717, 1.165) is 12.0 Å². The van der Waals surface area contributed by atoms with Crippen molar-refractivity contribution in [2.24, 2.45) is 17.1 Å². The summed E-state index contributed by atoms with van der Waals surface area (Å²) in [5.74, 6) is -0.153. The summed E-state index contributed by atoms with van der Waals surface area (Å²) in [6.07, 6.45) is 0.776. The predicted octanol–water partition coefficient (Wildman–Crippen LogP) is 2.97. The van der Waals surface area contributed by atoms with E-state index in [9.17, 15) is 4.79 Å². The molecule has 0 aliphatic heterocycles. The Hall–Kier alpha value is -1.06. The number of nitrogens with two attached hydrogens (primary N) is 1. The third-order valence-electron chi connectivity index (χ3n) is 2.92. The third-order valence-corrected chi connectivity index (χ3v) is 3.29. The summed E-state index contributed by atoms with van der Waals surface area (Å²) in [4.78, 5) is 12.1. The smallest absolute Gasteiger partial charge is 0.224 e. The topological polar surface area (TPSA) is 55.1 Å². The van der Waals surface area contributed by atoms with Gasteiger partial charge < -0.3 is 11.1 Å². The molecule has 1 unspecified atom stereocenters. The maximum atomic E-state index is 12.1. The fourth-order valence-electron chi connectivity index (χ4n) is 1.99. The van der Waals surface area contributed by atoms with Crippen molar-refractivity contribution >= 4 is 17.5 Å². The van der Waals surface area contributed by atoms with Gasteiger partial charge in [0.15, 0.2) is 0 Å². The highest BCUT2D eigenvalue weighted by Gasteiger charge is 2.23. The second-order valence-corrected chi connectivity index (χ2v) is 6.41. The Bertz CT molecular complexity index is 426. The van der Waals surface area contributed by atoms with E-state index in [-0.39, 0.29) is 17.2 Å². The lowest BCUT2D eigenvalue weighted by atomic mass is 9.84. The second kappa shape index (κ2) is 6.92. The van der Waals surface area contributed by atoms with E-state index in [1.807, 2.05) is 24.3 Å². The Morgan fingerprint density at radius 2 is 2.00 bits per heavy atom. The molecule has 3 N–H and O–H groups in total. The van der Waals surface area contributed by atoms with Gasteiger partial charge in [0.05, 0.1) is 5.92 Å². The fraction of sp³-hybridized carbons (Fsp3) is 0.533. The van der Waals surface area contributed by atoms with E-state index in [1.165, 1.54) is 0 Å². The quantitative estimate of drug-likeness (QED) is 0.872. The Balaban J connectivity index is 2.57. The maximum absolute atomic E-state index is 12.1. The van der Waals surface area contributed by atoms with Crippen LogP contribution in [0.1, 0.15) is 32.8 Å². The minimum absolute atomic E-state index is 0.00246. The molecule has 19 heavy (non-hydrogen) atoms. The normalized spacial score (nSPS) is 13.1. The van der Waals surface area contributed by atoms with Crippen LogP contribution in [0.2, 0.25) is 5.02 Å². The van der Waals surface area contributed by atoms with Crippen LogP contribution in [-0.4, -0.2) is 12.5 Å². The van der Waals surface area contributed by atoms with E-state index in [4.69, 9.17) is 17.3 Å². The van der Waals surface area contributed by atoms with Crippen molar-refractivity contribution in [3.63, 3.8) is 0 Å². The molecular weight excluding hydrogens is 260 g/mol. The molecule has 106 valence electrons. The molecule has 3 nitrogen and oxygen atoms in total. The molecule has 1 atom stereocenters. The summed E-state index contributed by atoms with van der Waals surface area (Å²) in [5.41, 5.74) is 6.70. The monoisotopic (exact) mass is 282 g/mol. The molecule has 0 spiro atoms. The molecule has 1 aromatic rings. The second-order valence-electron chi connectivity index (χ2n) is 6.01. The van der Waals surface area contributed by atoms with E-state index in [0.29, 0.717) is 18.1 Å². The summed E-state index contributed by atoms with van der Waals surface area (Å²) in [7, 11) is 0. The van der Waals surface area contributed by atoms with Crippen LogP contribution in [0.15, 0.2) is 24.3 Å². The molecule has 0 fully saturated rings. The van der Waals surface area contributed by atoms with Gasteiger partial charge in [0.2, 0.25) is 5.91 Å². The molecule has 0 aliphatic carbocycles. The molecular formula is C15H23ClN2O. The van der Waals surface area contributed by atoms with Crippen molar-refractivity contribution in [2.45, 2.75) is 33.7 Å². The number of nitrogens with one attached hydrogen (secondary N) is 1. The van der Waals surface area contributed by atoms with Crippen molar-refractivity contribution in [1.82, 2.24) is 5.32 Å². The summed E-state index contributed by atoms with van der Waals surface area (Å²) < 4.78 is 0. The van der Waals surface area contributed by atoms with Gasteiger partial charge in [-0.3, -0.25) is 4.79 Å². The van der Waals surface area contributed by atoms with Crippen LogP contribution in [0.4, 0.5) is 0 Å². The zero-order valence-corrected chi connectivity index (χ0v) is 12.6. The van der Waals surface area contributed by atoms with Crippen LogP contribution in [0.25, 0.3) is 0 Å². The van der Waals surface area contributed by atoms with Crippen LogP contribution in [-0.2, 0) is 11.3 Å². The maximum Gasteiger partial charge on any atom is 0.224 e. The summed E-state index contributed by atoms with van der Waals surface area (Å²) in [6.45, 7) is 7.13. The number of benzene rings is 1. The van der Waals surface area contributed by atoms with Gasteiger partial charge in [-0.2, -0.15) is 0 Å². The minimum atomic E-state index is -0.150. The van der Waals surface area contributed by atoms with Crippen molar-refractivity contribution in [2.75, 3.05) is 6.54 Å². The number of carbonyl (C=O) groups excluding carboxylic acids is 1. The molecule has 4 heteroatoms. The number of halogens is 1. The van der Waals surface area contributed by atoms with E-state index >= 15 is 0 Å². The minimum Gasteiger partial charge on any atom is -0.352 e. The van der Waals surface area contributed by atoms with E-state index < -0.39 is 0 Å². The van der Waals surface area contributed by atoms with Crippen LogP contribution < -0.4 is 11.1 Å². The molecule has 1 amide bonds. The first-order valence-corrected chi connectivity index (χ1v) is 6.92. The lowest BCUT2D eigenvalue weighted by Crippen LogP contribution is -2.36. The average Bonchev–Trinajstić information content (AvgIpc) is 2.33. The van der Waals surface area contributed by atoms with Gasteiger partial charge in [0, 0.05) is 18.1 Å².